The van der Waals surface area contributed by atoms with Gasteiger partial charge in [-0.1, -0.05) is 24.9 Å². The van der Waals surface area contributed by atoms with Crippen molar-refractivity contribution < 1.29 is 8.78 Å². The molecule has 5 nitrogen and oxygen atoms in total. The lowest BCUT2D eigenvalue weighted by Crippen LogP contribution is -1.98. The first kappa shape index (κ1) is 22.5. The van der Waals surface area contributed by atoms with E-state index >= 15 is 0 Å². The fraction of sp³-hybridized carbons (Fsp3) is 0.120. The second kappa shape index (κ2) is 9.87. The van der Waals surface area contributed by atoms with E-state index in [1.807, 2.05) is 50.5 Å². The Morgan fingerprint density at radius 1 is 1.06 bits per heavy atom. The molecule has 0 saturated heterocycles. The van der Waals surface area contributed by atoms with Crippen molar-refractivity contribution >= 4 is 23.2 Å². The summed E-state index contributed by atoms with van der Waals surface area (Å²) in [6.45, 7) is 2.03. The summed E-state index contributed by atoms with van der Waals surface area (Å²) in [5.74, 6) is -0.396. The quantitative estimate of drug-likeness (QED) is 0.336. The number of pyridine rings is 1. The highest BCUT2D eigenvalue weighted by Crippen LogP contribution is 2.33. The molecule has 0 radical (unpaired) electrons. The highest BCUT2D eigenvalue weighted by atomic mass is 32.2. The van der Waals surface area contributed by atoms with Crippen LogP contribution in [-0.2, 0) is 7.05 Å². The maximum atomic E-state index is 14.5. The molecule has 3 N–H and O–H groups in total. The second-order valence-electron chi connectivity index (χ2n) is 7.37. The molecule has 0 amide bonds. The monoisotopic (exact) mass is 463 g/mol. The summed E-state index contributed by atoms with van der Waals surface area (Å²) in [6, 6.07) is 13.0. The Hall–Kier alpha value is -3.65. The first-order valence-corrected chi connectivity index (χ1v) is 11.3. The fourth-order valence-electron chi connectivity index (χ4n) is 3.50. The van der Waals surface area contributed by atoms with Gasteiger partial charge < -0.3 is 10.5 Å². The zero-order chi connectivity index (χ0) is 23.4. The van der Waals surface area contributed by atoms with Gasteiger partial charge in [0.1, 0.15) is 11.6 Å². The van der Waals surface area contributed by atoms with Gasteiger partial charge in [0.05, 0.1) is 11.9 Å². The number of nitrogens with one attached hydrogen (secondary N) is 1. The number of benzene rings is 2. The highest BCUT2D eigenvalue weighted by Gasteiger charge is 2.14. The van der Waals surface area contributed by atoms with Gasteiger partial charge in [-0.15, -0.1) is 0 Å². The number of anilines is 1. The third-order valence-electron chi connectivity index (χ3n) is 5.06. The van der Waals surface area contributed by atoms with Crippen LogP contribution in [0.5, 0.6) is 0 Å². The van der Waals surface area contributed by atoms with Gasteiger partial charge in [-0.05, 0) is 47.5 Å². The van der Waals surface area contributed by atoms with Gasteiger partial charge in [0.25, 0.3) is 0 Å². The van der Waals surface area contributed by atoms with E-state index < -0.39 is 11.6 Å². The number of nitrogens with two attached hydrogens (primary N) is 1. The van der Waals surface area contributed by atoms with Crippen molar-refractivity contribution in [3.8, 4) is 22.3 Å². The van der Waals surface area contributed by atoms with Gasteiger partial charge in [-0.3, -0.25) is 9.67 Å². The van der Waals surface area contributed by atoms with Crippen molar-refractivity contribution in [3.05, 3.63) is 96.2 Å². The van der Waals surface area contributed by atoms with Crippen molar-refractivity contribution in [1.29, 1.82) is 0 Å². The average Bonchev–Trinajstić information content (AvgIpc) is 3.25. The molecule has 33 heavy (non-hydrogen) atoms. The molecular weight excluding hydrogens is 440 g/mol. The number of hydrogen-bond donors (Lipinski definition) is 2. The Bertz CT molecular complexity index is 1300. The van der Waals surface area contributed by atoms with Crippen molar-refractivity contribution in [2.45, 2.75) is 6.92 Å². The summed E-state index contributed by atoms with van der Waals surface area (Å²) < 4.78 is 33.0. The third-order valence-corrected chi connectivity index (χ3v) is 5.73. The number of rotatable bonds is 7. The van der Waals surface area contributed by atoms with Gasteiger partial charge in [-0.2, -0.15) is 5.10 Å². The first-order valence-electron chi connectivity index (χ1n) is 10.3. The van der Waals surface area contributed by atoms with E-state index in [0.29, 0.717) is 22.4 Å². The van der Waals surface area contributed by atoms with Crippen LogP contribution in [0.25, 0.3) is 27.8 Å². The molecule has 2 heterocycles. The summed E-state index contributed by atoms with van der Waals surface area (Å²) in [7, 11) is 1.86. The summed E-state index contributed by atoms with van der Waals surface area (Å²) in [5, 5.41) is 4.19. The van der Waals surface area contributed by atoms with Crippen LogP contribution in [0.1, 0.15) is 18.2 Å². The molecule has 8 heteroatoms. The number of nitrogens with zero attached hydrogens (tertiary/aromatic N) is 3. The molecule has 0 aliphatic heterocycles. The van der Waals surface area contributed by atoms with E-state index in [2.05, 4.69) is 14.8 Å². The van der Waals surface area contributed by atoms with Crippen molar-refractivity contribution in [2.75, 3.05) is 10.5 Å². The predicted molar refractivity (Wildman–Crippen MR) is 131 cm³/mol. The normalized spacial score (nSPS) is 11.6. The van der Waals surface area contributed by atoms with E-state index in [9.17, 15) is 8.78 Å². The lowest BCUT2D eigenvalue weighted by atomic mass is 9.96. The number of aromatic nitrogens is 3. The van der Waals surface area contributed by atoms with Crippen LogP contribution >= 0.6 is 11.9 Å². The number of aryl methyl sites for hydroxylation is 1. The SMILES string of the molecule is CCSNc1cc(C(=CN)c2ccc(-c3cnn(C)c3)cn2)cc(-c2ccc(F)cc2F)c1. The summed E-state index contributed by atoms with van der Waals surface area (Å²) in [5.41, 5.74) is 11.7. The number of hydrogen-bond acceptors (Lipinski definition) is 5. The van der Waals surface area contributed by atoms with Crippen molar-refractivity contribution in [2.24, 2.45) is 12.8 Å². The van der Waals surface area contributed by atoms with E-state index in [1.54, 1.807) is 17.1 Å². The highest BCUT2D eigenvalue weighted by molar-refractivity contribution is 8.00. The zero-order valence-electron chi connectivity index (χ0n) is 18.2. The Kier molecular flexibility index (Phi) is 6.74. The molecule has 0 fully saturated rings. The fourth-order valence-corrected chi connectivity index (χ4v) is 3.93. The predicted octanol–water partition coefficient (Wildman–Crippen LogP) is 5.86. The maximum absolute atomic E-state index is 14.5. The van der Waals surface area contributed by atoms with E-state index in [1.165, 1.54) is 30.3 Å². The molecule has 0 aliphatic rings. The van der Waals surface area contributed by atoms with E-state index in [4.69, 9.17) is 5.73 Å². The molecule has 0 bridgehead atoms. The van der Waals surface area contributed by atoms with Crippen LogP contribution in [0.2, 0.25) is 0 Å². The Morgan fingerprint density at radius 3 is 2.55 bits per heavy atom. The van der Waals surface area contributed by atoms with E-state index in [-0.39, 0.29) is 0 Å². The second-order valence-corrected chi connectivity index (χ2v) is 8.44. The van der Waals surface area contributed by atoms with Gasteiger partial charge >= 0.3 is 0 Å². The molecule has 0 spiro atoms. The van der Waals surface area contributed by atoms with Crippen LogP contribution < -0.4 is 10.5 Å². The van der Waals surface area contributed by atoms with Crippen molar-refractivity contribution in [3.63, 3.8) is 0 Å². The van der Waals surface area contributed by atoms with Gasteiger partial charge in [0.15, 0.2) is 0 Å². The minimum atomic E-state index is -0.626. The minimum absolute atomic E-state index is 0.305. The van der Waals surface area contributed by atoms with Gasteiger partial charge in [-0.25, -0.2) is 8.78 Å². The Balaban J connectivity index is 1.75. The lowest BCUT2D eigenvalue weighted by molar-refractivity contribution is 0.585. The minimum Gasteiger partial charge on any atom is -0.404 e. The molecule has 0 saturated carbocycles. The molecular formula is C25H23F2N5S. The Morgan fingerprint density at radius 2 is 1.91 bits per heavy atom. The van der Waals surface area contributed by atoms with Crippen LogP contribution in [0.4, 0.5) is 14.5 Å². The summed E-state index contributed by atoms with van der Waals surface area (Å²) >= 11 is 1.52. The third kappa shape index (κ3) is 5.06. The van der Waals surface area contributed by atoms with Crippen LogP contribution in [0, 0.1) is 11.6 Å². The van der Waals surface area contributed by atoms with Crippen molar-refractivity contribution in [1.82, 2.24) is 14.8 Å². The topological polar surface area (TPSA) is 68.8 Å². The molecule has 0 atom stereocenters. The number of halogens is 2. The average molecular weight is 464 g/mol. The Labute approximate surface area is 195 Å². The smallest absolute Gasteiger partial charge is 0.133 e. The van der Waals surface area contributed by atoms with E-state index in [0.717, 1.165) is 34.2 Å². The standard InChI is InChI=1S/C25H23F2N5S/c1-3-33-31-21-9-17(22-6-5-20(26)11-24(22)27)8-18(10-21)23(12-28)25-7-4-16(13-29-25)19-14-30-32(2)15-19/h4-15,31H,3,28H2,1-2H3. The zero-order valence-corrected chi connectivity index (χ0v) is 19.0. The summed E-state index contributed by atoms with van der Waals surface area (Å²) in [6.07, 6.45) is 6.95. The molecule has 2 aromatic carbocycles. The van der Waals surface area contributed by atoms with Gasteiger partial charge in [0, 0.05) is 65.4 Å². The maximum Gasteiger partial charge on any atom is 0.133 e. The molecule has 2 aromatic heterocycles. The van der Waals surface area contributed by atoms with Gasteiger partial charge in [0.2, 0.25) is 0 Å². The molecule has 4 aromatic rings. The first-order chi connectivity index (χ1) is 16.0. The molecule has 168 valence electrons. The molecule has 4 rings (SSSR count). The molecule has 0 aliphatic carbocycles. The lowest BCUT2D eigenvalue weighted by Gasteiger charge is -2.14. The van der Waals surface area contributed by atoms with Crippen LogP contribution in [0.3, 0.4) is 0 Å². The van der Waals surface area contributed by atoms with Crippen LogP contribution in [0.15, 0.2) is 73.3 Å². The largest absolute Gasteiger partial charge is 0.404 e. The summed E-state index contributed by atoms with van der Waals surface area (Å²) in [4.78, 5) is 4.60. The van der Waals surface area contributed by atoms with Crippen LogP contribution in [-0.4, -0.2) is 20.5 Å². The molecule has 0 unspecified atom stereocenters.